The maximum atomic E-state index is 10.7. The smallest absolute Gasteiger partial charge is 0.210 e. The third-order valence-corrected chi connectivity index (χ3v) is 5.23. The first-order chi connectivity index (χ1) is 11.1. The number of nitrogens with two attached hydrogens (primary N) is 1. The molecule has 6 nitrogen and oxygen atoms in total. The Kier molecular flexibility index (Phi) is 4.85. The van der Waals surface area contributed by atoms with Crippen LogP contribution in [0.1, 0.15) is 59.8 Å². The number of rotatable bonds is 5. The maximum Gasteiger partial charge on any atom is 0.210 e. The highest BCUT2D eigenvalue weighted by atomic mass is 32.2. The van der Waals surface area contributed by atoms with E-state index < -0.39 is 5.97 Å². The van der Waals surface area contributed by atoms with Crippen LogP contribution in [-0.4, -0.2) is 20.8 Å². The molecule has 1 aromatic heterocycles. The zero-order chi connectivity index (χ0) is 16.2. The van der Waals surface area contributed by atoms with E-state index in [1.54, 1.807) is 28.9 Å². The first kappa shape index (κ1) is 15.9. The van der Waals surface area contributed by atoms with Crippen molar-refractivity contribution in [1.82, 2.24) is 14.9 Å². The van der Waals surface area contributed by atoms with Crippen molar-refractivity contribution in [3.8, 4) is 0 Å². The number of aromatic carboxylic acids is 1. The van der Waals surface area contributed by atoms with Crippen molar-refractivity contribution in [3.05, 3.63) is 41.2 Å². The van der Waals surface area contributed by atoms with E-state index in [2.05, 4.69) is 10.2 Å². The Morgan fingerprint density at radius 2 is 1.91 bits per heavy atom. The molecular weight excluding hydrogens is 312 g/mol. The van der Waals surface area contributed by atoms with Gasteiger partial charge in [0.2, 0.25) is 5.16 Å². The van der Waals surface area contributed by atoms with E-state index in [4.69, 9.17) is 5.84 Å². The van der Waals surface area contributed by atoms with Crippen LogP contribution in [0, 0.1) is 0 Å². The van der Waals surface area contributed by atoms with Crippen LogP contribution in [-0.2, 0) is 5.75 Å². The summed E-state index contributed by atoms with van der Waals surface area (Å²) in [6.45, 7) is 0. The summed E-state index contributed by atoms with van der Waals surface area (Å²) in [5.41, 5.74) is 1.18. The summed E-state index contributed by atoms with van der Waals surface area (Å²) in [4.78, 5) is 10.7. The third-order valence-electron chi connectivity index (χ3n) is 4.22. The molecule has 0 bridgehead atoms. The van der Waals surface area contributed by atoms with Gasteiger partial charge in [-0.2, -0.15) is 0 Å². The second-order valence-electron chi connectivity index (χ2n) is 5.82. The van der Waals surface area contributed by atoms with Gasteiger partial charge in [-0.1, -0.05) is 55.3 Å². The first-order valence-electron chi connectivity index (χ1n) is 7.78. The van der Waals surface area contributed by atoms with Crippen molar-refractivity contribution in [2.24, 2.45) is 0 Å². The maximum absolute atomic E-state index is 10.7. The Balaban J connectivity index is 1.64. The Bertz CT molecular complexity index is 678. The van der Waals surface area contributed by atoms with Crippen LogP contribution in [0.2, 0.25) is 0 Å². The fourth-order valence-electron chi connectivity index (χ4n) is 2.91. The van der Waals surface area contributed by atoms with Crippen LogP contribution in [0.5, 0.6) is 0 Å². The molecule has 0 atom stereocenters. The number of nitrogens with zero attached hydrogens (tertiary/aromatic N) is 3. The summed E-state index contributed by atoms with van der Waals surface area (Å²) >= 11 is 1.50. The lowest BCUT2D eigenvalue weighted by molar-refractivity contribution is -0.255. The molecule has 0 spiro atoms. The van der Waals surface area contributed by atoms with Crippen LogP contribution in [0.15, 0.2) is 29.4 Å². The molecule has 1 aliphatic carbocycles. The van der Waals surface area contributed by atoms with Crippen molar-refractivity contribution < 1.29 is 9.90 Å². The van der Waals surface area contributed by atoms with E-state index in [9.17, 15) is 9.90 Å². The predicted octanol–water partition coefficient (Wildman–Crippen LogP) is 1.70. The molecule has 3 rings (SSSR count). The Hall–Kier alpha value is -2.02. The van der Waals surface area contributed by atoms with Crippen LogP contribution in [0.4, 0.5) is 0 Å². The van der Waals surface area contributed by atoms with Gasteiger partial charge in [-0.25, -0.2) is 4.68 Å². The largest absolute Gasteiger partial charge is 0.545 e. The number of carbonyl (C=O) groups excluding carboxylic acids is 1. The molecule has 2 aromatic rings. The van der Waals surface area contributed by atoms with Gasteiger partial charge in [0.25, 0.3) is 0 Å². The summed E-state index contributed by atoms with van der Waals surface area (Å²) in [7, 11) is 0. The van der Waals surface area contributed by atoms with Gasteiger partial charge in [0.05, 0.1) is 5.97 Å². The van der Waals surface area contributed by atoms with E-state index in [0.717, 1.165) is 24.2 Å². The molecule has 1 aromatic carbocycles. The van der Waals surface area contributed by atoms with Gasteiger partial charge in [-0.05, 0) is 24.0 Å². The molecule has 7 heteroatoms. The number of hydrogen-bond acceptors (Lipinski definition) is 6. The average molecular weight is 331 g/mol. The first-order valence-corrected chi connectivity index (χ1v) is 8.77. The van der Waals surface area contributed by atoms with Crippen LogP contribution >= 0.6 is 11.8 Å². The fraction of sp³-hybridized carbons (Fsp3) is 0.438. The Labute approximate surface area is 139 Å². The van der Waals surface area contributed by atoms with Gasteiger partial charge in [0.1, 0.15) is 0 Å². The molecule has 2 N–H and O–H groups in total. The summed E-state index contributed by atoms with van der Waals surface area (Å²) in [5.74, 6) is 6.93. The second-order valence-corrected chi connectivity index (χ2v) is 6.76. The number of carbonyl (C=O) groups is 1. The minimum absolute atomic E-state index is 0.181. The molecular formula is C16H19N4O2S-. The standard InChI is InChI=1S/C16H20N4O2S/c17-20-14(12-4-2-1-3-5-12)18-19-16(20)23-10-11-6-8-13(9-7-11)15(21)22/h6-9,12H,1-5,10,17H2,(H,21,22)/p-1. The number of thioether (sulfide) groups is 1. The van der Waals surface area contributed by atoms with Crippen molar-refractivity contribution in [2.45, 2.75) is 48.9 Å². The molecule has 0 unspecified atom stereocenters. The van der Waals surface area contributed by atoms with Gasteiger partial charge in [-0.3, -0.25) is 0 Å². The topological polar surface area (TPSA) is 96.9 Å². The molecule has 0 amide bonds. The van der Waals surface area contributed by atoms with Gasteiger partial charge in [0.15, 0.2) is 5.82 Å². The summed E-state index contributed by atoms with van der Waals surface area (Å²) in [5, 5.41) is 19.9. The van der Waals surface area contributed by atoms with Crippen molar-refractivity contribution >= 4 is 17.7 Å². The number of benzene rings is 1. The summed E-state index contributed by atoms with van der Waals surface area (Å²) in [6.07, 6.45) is 6.00. The molecule has 23 heavy (non-hydrogen) atoms. The minimum atomic E-state index is -1.16. The van der Waals surface area contributed by atoms with E-state index in [1.165, 1.54) is 31.0 Å². The SMILES string of the molecule is Nn1c(SCc2ccc(C(=O)[O-])cc2)nnc1C1CCCCC1. The zero-order valence-corrected chi connectivity index (χ0v) is 13.6. The van der Waals surface area contributed by atoms with E-state index in [1.807, 2.05) is 0 Å². The number of carboxylic acid groups (broad SMARTS) is 1. The lowest BCUT2D eigenvalue weighted by Gasteiger charge is -2.20. The molecule has 0 radical (unpaired) electrons. The zero-order valence-electron chi connectivity index (χ0n) is 12.8. The fourth-order valence-corrected chi connectivity index (χ4v) is 3.73. The molecule has 1 saturated carbocycles. The Morgan fingerprint density at radius 3 is 2.57 bits per heavy atom. The van der Waals surface area contributed by atoms with E-state index in [-0.39, 0.29) is 5.56 Å². The van der Waals surface area contributed by atoms with Crippen LogP contribution < -0.4 is 10.9 Å². The van der Waals surface area contributed by atoms with E-state index >= 15 is 0 Å². The minimum Gasteiger partial charge on any atom is -0.545 e. The molecule has 1 heterocycles. The van der Waals surface area contributed by atoms with Crippen LogP contribution in [0.3, 0.4) is 0 Å². The molecule has 1 fully saturated rings. The number of nitrogen functional groups attached to an aromatic ring is 1. The van der Waals surface area contributed by atoms with Crippen molar-refractivity contribution in [3.63, 3.8) is 0 Å². The molecule has 1 aliphatic rings. The Morgan fingerprint density at radius 1 is 1.22 bits per heavy atom. The number of carboxylic acids is 1. The second kappa shape index (κ2) is 7.04. The molecule has 0 saturated heterocycles. The van der Waals surface area contributed by atoms with Gasteiger partial charge < -0.3 is 15.7 Å². The highest BCUT2D eigenvalue weighted by Crippen LogP contribution is 2.32. The number of aromatic nitrogens is 3. The predicted molar refractivity (Wildman–Crippen MR) is 86.3 cm³/mol. The van der Waals surface area contributed by atoms with E-state index in [0.29, 0.717) is 16.8 Å². The lowest BCUT2D eigenvalue weighted by atomic mass is 9.89. The molecule has 122 valence electrons. The van der Waals surface area contributed by atoms with Crippen molar-refractivity contribution in [2.75, 3.05) is 5.84 Å². The van der Waals surface area contributed by atoms with Gasteiger partial charge >= 0.3 is 0 Å². The lowest BCUT2D eigenvalue weighted by Crippen LogP contribution is -2.21. The monoisotopic (exact) mass is 331 g/mol. The van der Waals surface area contributed by atoms with Crippen molar-refractivity contribution in [1.29, 1.82) is 0 Å². The summed E-state index contributed by atoms with van der Waals surface area (Å²) in [6, 6.07) is 6.65. The van der Waals surface area contributed by atoms with Gasteiger partial charge in [0, 0.05) is 11.7 Å². The molecule has 0 aliphatic heterocycles. The normalized spacial score (nSPS) is 15.7. The average Bonchev–Trinajstić information content (AvgIpc) is 2.95. The summed E-state index contributed by atoms with van der Waals surface area (Å²) < 4.78 is 1.61. The highest BCUT2D eigenvalue weighted by molar-refractivity contribution is 7.98. The highest BCUT2D eigenvalue weighted by Gasteiger charge is 2.22. The third kappa shape index (κ3) is 3.67. The quantitative estimate of drug-likeness (QED) is 0.661. The number of hydrogen-bond donors (Lipinski definition) is 1. The van der Waals surface area contributed by atoms with Gasteiger partial charge in [-0.15, -0.1) is 10.2 Å². The van der Waals surface area contributed by atoms with Crippen LogP contribution in [0.25, 0.3) is 0 Å².